The first-order valence-electron chi connectivity index (χ1n) is 7.15. The van der Waals surface area contributed by atoms with Crippen LogP contribution in [-0.2, 0) is 0 Å². The topological polar surface area (TPSA) is 53.6 Å². The van der Waals surface area contributed by atoms with Gasteiger partial charge in [-0.2, -0.15) is 0 Å². The lowest BCUT2D eigenvalue weighted by atomic mass is 10.2. The van der Waals surface area contributed by atoms with Crippen LogP contribution in [0.4, 0.5) is 0 Å². The fraction of sp³-hybridized carbons (Fsp3) is 0.533. The highest BCUT2D eigenvalue weighted by Gasteiger charge is 2.11. The number of methoxy groups -OCH3 is 1. The van der Waals surface area contributed by atoms with Crippen LogP contribution in [0.3, 0.4) is 0 Å². The Morgan fingerprint density at radius 1 is 1.33 bits per heavy atom. The number of hydrogen-bond donors (Lipinski definition) is 2. The minimum absolute atomic E-state index is 0. The van der Waals surface area contributed by atoms with Crippen molar-refractivity contribution in [3.63, 3.8) is 0 Å². The predicted molar refractivity (Wildman–Crippen MR) is 86.5 cm³/mol. The summed E-state index contributed by atoms with van der Waals surface area (Å²) >= 11 is 0. The van der Waals surface area contributed by atoms with E-state index in [4.69, 9.17) is 4.74 Å². The summed E-state index contributed by atoms with van der Waals surface area (Å²) < 4.78 is 5.19. The zero-order chi connectivity index (χ0) is 14.2. The lowest BCUT2D eigenvalue weighted by Crippen LogP contribution is -2.44. The Kier molecular flexibility index (Phi) is 8.12. The Morgan fingerprint density at radius 2 is 2.05 bits per heavy atom. The van der Waals surface area contributed by atoms with Gasteiger partial charge in [-0.3, -0.25) is 4.79 Å². The standard InChI is InChI=1S/C15H23N3O2.ClH/c1-20-14-6-3-2-5-13(14)15(19)17-7-4-10-18-11-8-16-9-12-18;/h2-3,5-6,16H,4,7-12H2,1H3,(H,17,19);1H. The molecule has 2 N–H and O–H groups in total. The molecule has 1 aliphatic rings. The van der Waals surface area contributed by atoms with Gasteiger partial charge in [-0.1, -0.05) is 12.1 Å². The zero-order valence-electron chi connectivity index (χ0n) is 12.4. The number of piperazine rings is 1. The molecule has 1 saturated heterocycles. The van der Waals surface area contributed by atoms with E-state index < -0.39 is 0 Å². The maximum atomic E-state index is 12.1. The van der Waals surface area contributed by atoms with Crippen LogP contribution in [0.1, 0.15) is 16.8 Å². The summed E-state index contributed by atoms with van der Waals surface area (Å²) in [5, 5.41) is 6.28. The molecule has 0 unspecified atom stereocenters. The second-order valence-electron chi connectivity index (χ2n) is 4.90. The van der Waals surface area contributed by atoms with Crippen LogP contribution in [0.25, 0.3) is 0 Å². The van der Waals surface area contributed by atoms with Crippen molar-refractivity contribution >= 4 is 18.3 Å². The summed E-state index contributed by atoms with van der Waals surface area (Å²) in [6, 6.07) is 7.29. The first-order valence-corrected chi connectivity index (χ1v) is 7.15. The molecule has 0 aliphatic carbocycles. The second-order valence-corrected chi connectivity index (χ2v) is 4.90. The van der Waals surface area contributed by atoms with E-state index in [-0.39, 0.29) is 18.3 Å². The number of carbonyl (C=O) groups excluding carboxylic acids is 1. The number of hydrogen-bond acceptors (Lipinski definition) is 4. The molecule has 5 nitrogen and oxygen atoms in total. The van der Waals surface area contributed by atoms with Gasteiger partial charge >= 0.3 is 0 Å². The van der Waals surface area contributed by atoms with E-state index in [0.29, 0.717) is 17.9 Å². The summed E-state index contributed by atoms with van der Waals surface area (Å²) in [6.45, 7) is 6.05. The van der Waals surface area contributed by atoms with Crippen LogP contribution in [0, 0.1) is 0 Å². The SMILES string of the molecule is COc1ccccc1C(=O)NCCCN1CCNCC1.Cl. The average molecular weight is 314 g/mol. The van der Waals surface area contributed by atoms with Crippen molar-refractivity contribution in [2.24, 2.45) is 0 Å². The van der Waals surface area contributed by atoms with Crippen molar-refractivity contribution in [3.05, 3.63) is 29.8 Å². The molecule has 1 aromatic carbocycles. The largest absolute Gasteiger partial charge is 0.496 e. The van der Waals surface area contributed by atoms with Crippen molar-refractivity contribution in [1.29, 1.82) is 0 Å². The third-order valence-electron chi connectivity index (χ3n) is 3.50. The predicted octanol–water partition coefficient (Wildman–Crippen LogP) is 1.14. The van der Waals surface area contributed by atoms with Gasteiger partial charge in [0.05, 0.1) is 12.7 Å². The third kappa shape index (κ3) is 5.53. The molecule has 118 valence electrons. The average Bonchev–Trinajstić information content (AvgIpc) is 2.52. The fourth-order valence-corrected chi connectivity index (χ4v) is 2.37. The fourth-order valence-electron chi connectivity index (χ4n) is 2.37. The summed E-state index contributed by atoms with van der Waals surface area (Å²) in [5.41, 5.74) is 0.595. The van der Waals surface area contributed by atoms with Gasteiger partial charge in [-0.25, -0.2) is 0 Å². The molecule has 2 rings (SSSR count). The molecular formula is C15H24ClN3O2. The molecule has 6 heteroatoms. The van der Waals surface area contributed by atoms with Gasteiger partial charge < -0.3 is 20.3 Å². The van der Waals surface area contributed by atoms with E-state index in [1.54, 1.807) is 19.2 Å². The van der Waals surface area contributed by atoms with E-state index in [1.165, 1.54) is 0 Å². The van der Waals surface area contributed by atoms with E-state index >= 15 is 0 Å². The number of nitrogens with one attached hydrogen (secondary N) is 2. The van der Waals surface area contributed by atoms with Gasteiger partial charge in [-0.05, 0) is 25.1 Å². The molecule has 1 aromatic rings. The van der Waals surface area contributed by atoms with Gasteiger partial charge in [0, 0.05) is 32.7 Å². The minimum Gasteiger partial charge on any atom is -0.496 e. The molecule has 1 aliphatic heterocycles. The Hall–Kier alpha value is -1.30. The van der Waals surface area contributed by atoms with Gasteiger partial charge in [0.1, 0.15) is 5.75 Å². The van der Waals surface area contributed by atoms with Crippen molar-refractivity contribution < 1.29 is 9.53 Å². The second kappa shape index (κ2) is 9.60. The van der Waals surface area contributed by atoms with Crippen LogP contribution < -0.4 is 15.4 Å². The van der Waals surface area contributed by atoms with Gasteiger partial charge in [0.25, 0.3) is 5.91 Å². The number of benzene rings is 1. The molecule has 1 amide bonds. The van der Waals surface area contributed by atoms with E-state index in [1.807, 2.05) is 12.1 Å². The highest BCUT2D eigenvalue weighted by atomic mass is 35.5. The number of rotatable bonds is 6. The Labute approximate surface area is 132 Å². The Balaban J connectivity index is 0.00000220. The highest BCUT2D eigenvalue weighted by molar-refractivity contribution is 5.96. The van der Waals surface area contributed by atoms with Crippen LogP contribution in [0.2, 0.25) is 0 Å². The zero-order valence-corrected chi connectivity index (χ0v) is 13.2. The normalized spacial score (nSPS) is 15.1. The lowest BCUT2D eigenvalue weighted by Gasteiger charge is -2.27. The van der Waals surface area contributed by atoms with Crippen molar-refractivity contribution in [3.8, 4) is 5.75 Å². The monoisotopic (exact) mass is 313 g/mol. The number of para-hydroxylation sites is 1. The lowest BCUT2D eigenvalue weighted by molar-refractivity contribution is 0.0948. The molecular weight excluding hydrogens is 290 g/mol. The van der Waals surface area contributed by atoms with Crippen molar-refractivity contribution in [1.82, 2.24) is 15.5 Å². The molecule has 0 saturated carbocycles. The molecule has 0 bridgehead atoms. The maximum Gasteiger partial charge on any atom is 0.255 e. The molecule has 21 heavy (non-hydrogen) atoms. The molecule has 0 spiro atoms. The molecule has 1 heterocycles. The molecule has 0 radical (unpaired) electrons. The first-order chi connectivity index (χ1) is 9.81. The van der Waals surface area contributed by atoms with Crippen molar-refractivity contribution in [2.75, 3.05) is 46.4 Å². The van der Waals surface area contributed by atoms with Crippen LogP contribution in [-0.4, -0.2) is 57.2 Å². The first kappa shape index (κ1) is 17.8. The smallest absolute Gasteiger partial charge is 0.255 e. The summed E-state index contributed by atoms with van der Waals surface area (Å²) in [7, 11) is 1.58. The van der Waals surface area contributed by atoms with Crippen LogP contribution in [0.15, 0.2) is 24.3 Å². The van der Waals surface area contributed by atoms with Crippen LogP contribution >= 0.6 is 12.4 Å². The van der Waals surface area contributed by atoms with Gasteiger partial charge in [-0.15, -0.1) is 12.4 Å². The summed E-state index contributed by atoms with van der Waals surface area (Å²) in [6.07, 6.45) is 0.973. The number of carbonyl (C=O) groups is 1. The summed E-state index contributed by atoms with van der Waals surface area (Å²) in [4.78, 5) is 14.5. The third-order valence-corrected chi connectivity index (χ3v) is 3.50. The quantitative estimate of drug-likeness (QED) is 0.774. The Bertz CT molecular complexity index is 437. The van der Waals surface area contributed by atoms with Gasteiger partial charge in [0.15, 0.2) is 0 Å². The number of halogens is 1. The van der Waals surface area contributed by atoms with Crippen molar-refractivity contribution in [2.45, 2.75) is 6.42 Å². The molecule has 0 aromatic heterocycles. The van der Waals surface area contributed by atoms with E-state index in [2.05, 4.69) is 15.5 Å². The highest BCUT2D eigenvalue weighted by Crippen LogP contribution is 2.16. The molecule has 1 fully saturated rings. The number of ether oxygens (including phenoxy) is 1. The summed E-state index contributed by atoms with van der Waals surface area (Å²) in [5.74, 6) is 0.551. The van der Waals surface area contributed by atoms with E-state index in [0.717, 1.165) is 39.1 Å². The maximum absolute atomic E-state index is 12.1. The number of amides is 1. The van der Waals surface area contributed by atoms with Crippen LogP contribution in [0.5, 0.6) is 5.75 Å². The minimum atomic E-state index is -0.0669. The number of nitrogens with zero attached hydrogens (tertiary/aromatic N) is 1. The van der Waals surface area contributed by atoms with Gasteiger partial charge in [0.2, 0.25) is 0 Å². The van der Waals surface area contributed by atoms with E-state index in [9.17, 15) is 4.79 Å². The Morgan fingerprint density at radius 3 is 2.76 bits per heavy atom. The molecule has 0 atom stereocenters.